The zero-order valence-corrected chi connectivity index (χ0v) is 15.2. The minimum absolute atomic E-state index is 0.0410. The van der Waals surface area contributed by atoms with E-state index < -0.39 is 0 Å². The Morgan fingerprint density at radius 2 is 1.72 bits per heavy atom. The Bertz CT molecular complexity index is 866. The van der Waals surface area contributed by atoms with Crippen molar-refractivity contribution in [2.45, 2.75) is 47.1 Å². The fourth-order valence-electron chi connectivity index (χ4n) is 2.77. The minimum Gasteiger partial charge on any atom is -0.352 e. The monoisotopic (exact) mass is 340 g/mol. The van der Waals surface area contributed by atoms with E-state index in [9.17, 15) is 14.4 Å². The number of benzene rings is 1. The fraction of sp³-hybridized carbons (Fsp3) is 0.350. The fourth-order valence-corrected chi connectivity index (χ4v) is 2.77. The lowest BCUT2D eigenvalue weighted by atomic mass is 9.99. The number of pyridine rings is 1. The van der Waals surface area contributed by atoms with Crippen molar-refractivity contribution >= 4 is 11.7 Å². The zero-order chi connectivity index (χ0) is 18.6. The molecule has 1 amide bonds. The Kier molecular flexibility index (Phi) is 5.91. The van der Waals surface area contributed by atoms with Crippen LogP contribution in [-0.4, -0.2) is 16.7 Å². The lowest BCUT2D eigenvalue weighted by Crippen LogP contribution is -2.28. The highest BCUT2D eigenvalue weighted by molar-refractivity contribution is 5.99. The minimum atomic E-state index is -0.238. The molecule has 1 heterocycles. The number of ketones is 1. The van der Waals surface area contributed by atoms with E-state index >= 15 is 0 Å². The largest absolute Gasteiger partial charge is 0.352 e. The van der Waals surface area contributed by atoms with Crippen LogP contribution in [0.25, 0.3) is 0 Å². The molecule has 0 radical (unpaired) electrons. The topological polar surface area (TPSA) is 79.0 Å². The third-order valence-electron chi connectivity index (χ3n) is 4.23. The van der Waals surface area contributed by atoms with Gasteiger partial charge in [-0.3, -0.25) is 14.4 Å². The summed E-state index contributed by atoms with van der Waals surface area (Å²) in [6.45, 7) is 7.64. The molecule has 132 valence electrons. The van der Waals surface area contributed by atoms with Gasteiger partial charge in [0, 0.05) is 36.2 Å². The van der Waals surface area contributed by atoms with E-state index in [2.05, 4.69) is 10.3 Å². The second-order valence-corrected chi connectivity index (χ2v) is 6.46. The zero-order valence-electron chi connectivity index (χ0n) is 15.2. The first-order chi connectivity index (χ1) is 11.8. The average Bonchev–Trinajstić information content (AvgIpc) is 2.53. The lowest BCUT2D eigenvalue weighted by Gasteiger charge is -2.09. The first-order valence-electron chi connectivity index (χ1n) is 8.34. The van der Waals surface area contributed by atoms with Crippen LogP contribution in [0.5, 0.6) is 0 Å². The molecular weight excluding hydrogens is 316 g/mol. The molecule has 5 nitrogen and oxygen atoms in total. The Morgan fingerprint density at radius 1 is 1.00 bits per heavy atom. The van der Waals surface area contributed by atoms with Gasteiger partial charge in [0.1, 0.15) is 0 Å². The number of aryl methyl sites for hydroxylation is 4. The number of aromatic amines is 1. The molecule has 0 atom stereocenters. The Hall–Kier alpha value is -2.69. The van der Waals surface area contributed by atoms with Crippen LogP contribution in [0.1, 0.15) is 51.1 Å². The van der Waals surface area contributed by atoms with Crippen LogP contribution in [0.15, 0.2) is 29.1 Å². The maximum absolute atomic E-state index is 12.3. The van der Waals surface area contributed by atoms with Crippen molar-refractivity contribution in [1.82, 2.24) is 10.3 Å². The average molecular weight is 340 g/mol. The van der Waals surface area contributed by atoms with E-state index in [1.54, 1.807) is 0 Å². The van der Waals surface area contributed by atoms with Crippen molar-refractivity contribution in [3.63, 3.8) is 0 Å². The van der Waals surface area contributed by atoms with Crippen LogP contribution in [0.4, 0.5) is 0 Å². The number of H-pyrrole nitrogens is 1. The summed E-state index contributed by atoms with van der Waals surface area (Å²) in [5.41, 5.74) is 4.58. The van der Waals surface area contributed by atoms with Gasteiger partial charge in [0.25, 0.3) is 5.56 Å². The Labute approximate surface area is 147 Å². The SMILES string of the molecule is Cc1ccc(C)c(C(=O)CCC(=O)NCc2c(C)cc(C)[nH]c2=O)c1. The molecular formula is C20H24N2O3. The van der Waals surface area contributed by atoms with Crippen molar-refractivity contribution < 1.29 is 9.59 Å². The highest BCUT2D eigenvalue weighted by Crippen LogP contribution is 2.14. The Morgan fingerprint density at radius 3 is 2.40 bits per heavy atom. The standard InChI is InChI=1S/C20H24N2O3/c1-12-5-6-13(2)16(9-12)18(23)7-8-19(24)21-11-17-14(3)10-15(4)22-20(17)25/h5-6,9-10H,7-8,11H2,1-4H3,(H,21,24)(H,22,25). The van der Waals surface area contributed by atoms with Crippen LogP contribution < -0.4 is 10.9 Å². The van der Waals surface area contributed by atoms with Crippen LogP contribution in [0.2, 0.25) is 0 Å². The van der Waals surface area contributed by atoms with Gasteiger partial charge in [0.05, 0.1) is 0 Å². The summed E-state index contributed by atoms with van der Waals surface area (Å²) in [6.07, 6.45) is 0.258. The van der Waals surface area contributed by atoms with Crippen molar-refractivity contribution in [3.05, 3.63) is 68.1 Å². The van der Waals surface area contributed by atoms with Crippen molar-refractivity contribution in [3.8, 4) is 0 Å². The van der Waals surface area contributed by atoms with Gasteiger partial charge < -0.3 is 10.3 Å². The van der Waals surface area contributed by atoms with Crippen molar-refractivity contribution in [2.24, 2.45) is 0 Å². The highest BCUT2D eigenvalue weighted by atomic mass is 16.2. The molecule has 2 N–H and O–H groups in total. The molecule has 2 aromatic rings. The molecule has 5 heteroatoms. The maximum Gasteiger partial charge on any atom is 0.253 e. The third-order valence-corrected chi connectivity index (χ3v) is 4.23. The molecule has 0 aliphatic heterocycles. The number of carbonyl (C=O) groups excluding carboxylic acids is 2. The number of carbonyl (C=O) groups is 2. The molecule has 0 fully saturated rings. The molecule has 1 aromatic carbocycles. The molecule has 0 saturated heterocycles. The summed E-state index contributed by atoms with van der Waals surface area (Å²) in [4.78, 5) is 39.0. The molecule has 2 rings (SSSR count). The quantitative estimate of drug-likeness (QED) is 0.794. The third kappa shape index (κ3) is 4.89. The first kappa shape index (κ1) is 18.6. The number of aromatic nitrogens is 1. The number of nitrogens with one attached hydrogen (secondary N) is 2. The summed E-state index contributed by atoms with van der Waals surface area (Å²) < 4.78 is 0. The lowest BCUT2D eigenvalue weighted by molar-refractivity contribution is -0.121. The van der Waals surface area contributed by atoms with Gasteiger partial charge >= 0.3 is 0 Å². The molecule has 0 bridgehead atoms. The van der Waals surface area contributed by atoms with Gasteiger partial charge in [-0.25, -0.2) is 0 Å². The van der Waals surface area contributed by atoms with Crippen LogP contribution in [0, 0.1) is 27.7 Å². The van der Waals surface area contributed by atoms with Crippen molar-refractivity contribution in [2.75, 3.05) is 0 Å². The molecule has 0 aliphatic rings. The van der Waals surface area contributed by atoms with E-state index in [1.807, 2.05) is 52.0 Å². The maximum atomic E-state index is 12.3. The predicted molar refractivity (Wildman–Crippen MR) is 97.9 cm³/mol. The number of rotatable bonds is 6. The number of hydrogen-bond acceptors (Lipinski definition) is 3. The van der Waals surface area contributed by atoms with Gasteiger partial charge in [-0.05, 0) is 51.0 Å². The van der Waals surface area contributed by atoms with Gasteiger partial charge in [-0.2, -0.15) is 0 Å². The van der Waals surface area contributed by atoms with Gasteiger partial charge in [0.2, 0.25) is 5.91 Å². The molecule has 1 aromatic heterocycles. The predicted octanol–water partition coefficient (Wildman–Crippen LogP) is 2.89. The summed E-state index contributed by atoms with van der Waals surface area (Å²) in [7, 11) is 0. The first-order valence-corrected chi connectivity index (χ1v) is 8.34. The number of amides is 1. The van der Waals surface area contributed by atoms with Gasteiger partial charge in [0.15, 0.2) is 5.78 Å². The summed E-state index contributed by atoms with van der Waals surface area (Å²) >= 11 is 0. The summed E-state index contributed by atoms with van der Waals surface area (Å²) in [5.74, 6) is -0.279. The van der Waals surface area contributed by atoms with E-state index in [4.69, 9.17) is 0 Å². The highest BCUT2D eigenvalue weighted by Gasteiger charge is 2.13. The second kappa shape index (κ2) is 7.92. The van der Waals surface area contributed by atoms with Crippen LogP contribution >= 0.6 is 0 Å². The van der Waals surface area contributed by atoms with Crippen LogP contribution in [-0.2, 0) is 11.3 Å². The van der Waals surface area contributed by atoms with Crippen LogP contribution in [0.3, 0.4) is 0 Å². The van der Waals surface area contributed by atoms with Gasteiger partial charge in [-0.1, -0.05) is 17.7 Å². The van der Waals surface area contributed by atoms with E-state index in [0.717, 1.165) is 22.4 Å². The van der Waals surface area contributed by atoms with Crippen molar-refractivity contribution in [1.29, 1.82) is 0 Å². The molecule has 25 heavy (non-hydrogen) atoms. The number of hydrogen-bond donors (Lipinski definition) is 2. The molecule has 0 aliphatic carbocycles. The molecule has 0 spiro atoms. The smallest absolute Gasteiger partial charge is 0.253 e. The molecule has 0 unspecified atom stereocenters. The second-order valence-electron chi connectivity index (χ2n) is 6.46. The summed E-state index contributed by atoms with van der Waals surface area (Å²) in [6, 6.07) is 7.59. The van der Waals surface area contributed by atoms with E-state index in [0.29, 0.717) is 11.1 Å². The summed E-state index contributed by atoms with van der Waals surface area (Å²) in [5, 5.41) is 2.72. The van der Waals surface area contributed by atoms with E-state index in [-0.39, 0.29) is 36.6 Å². The normalized spacial score (nSPS) is 10.6. The number of Topliss-reactive ketones (excluding diaryl/α,β-unsaturated/α-hetero) is 1. The van der Waals surface area contributed by atoms with E-state index in [1.165, 1.54) is 0 Å². The molecule has 0 saturated carbocycles. The Balaban J connectivity index is 1.92. The van der Waals surface area contributed by atoms with Gasteiger partial charge in [-0.15, -0.1) is 0 Å².